The smallest absolute Gasteiger partial charge is 0.169 e. The number of ether oxygens (including phenoxy) is 1. The highest BCUT2D eigenvalue weighted by Gasteiger charge is 2.25. The molecule has 5 heteroatoms. The summed E-state index contributed by atoms with van der Waals surface area (Å²) in [6.45, 7) is 3.04. The predicted octanol–water partition coefficient (Wildman–Crippen LogP) is 2.10. The van der Waals surface area contributed by atoms with Crippen LogP contribution in [0.5, 0.6) is 5.75 Å². The molecule has 0 amide bonds. The summed E-state index contributed by atoms with van der Waals surface area (Å²) in [5.41, 5.74) is 1.18. The average molecular weight is 307 g/mol. The Morgan fingerprint density at radius 2 is 2.05 bits per heavy atom. The van der Waals surface area contributed by atoms with Crippen molar-refractivity contribution < 1.29 is 4.74 Å². The van der Waals surface area contributed by atoms with Crippen molar-refractivity contribution in [1.29, 1.82) is 0 Å². The molecule has 1 heterocycles. The molecule has 116 valence electrons. The molecule has 1 N–H and O–H groups in total. The number of likely N-dealkylation sites (tertiary alicyclic amines) is 1. The highest BCUT2D eigenvalue weighted by atomic mass is 32.1. The van der Waals surface area contributed by atoms with Gasteiger partial charge in [0.2, 0.25) is 0 Å². The van der Waals surface area contributed by atoms with Crippen molar-refractivity contribution in [3.05, 3.63) is 29.8 Å². The van der Waals surface area contributed by atoms with Gasteiger partial charge in [0.1, 0.15) is 5.75 Å². The average Bonchev–Trinajstić information content (AvgIpc) is 2.53. The van der Waals surface area contributed by atoms with Gasteiger partial charge in [0.15, 0.2) is 5.11 Å². The van der Waals surface area contributed by atoms with Crippen molar-refractivity contribution in [2.45, 2.75) is 25.4 Å². The van der Waals surface area contributed by atoms with E-state index < -0.39 is 0 Å². The Hall–Kier alpha value is -1.33. The van der Waals surface area contributed by atoms with Crippen LogP contribution in [0.3, 0.4) is 0 Å². The molecule has 21 heavy (non-hydrogen) atoms. The van der Waals surface area contributed by atoms with Crippen LogP contribution in [-0.4, -0.2) is 55.2 Å². The second kappa shape index (κ2) is 7.61. The minimum Gasteiger partial charge on any atom is -0.496 e. The highest BCUT2D eigenvalue weighted by Crippen LogP contribution is 2.23. The van der Waals surface area contributed by atoms with Crippen LogP contribution in [-0.2, 0) is 6.54 Å². The Bertz CT molecular complexity index is 472. The molecule has 1 aromatic rings. The van der Waals surface area contributed by atoms with Gasteiger partial charge in [-0.05, 0) is 51.3 Å². The molecular weight excluding hydrogens is 282 g/mol. The fourth-order valence-electron chi connectivity index (χ4n) is 2.83. The maximum atomic E-state index is 5.53. The number of hydrogen-bond acceptors (Lipinski definition) is 3. The van der Waals surface area contributed by atoms with Crippen LogP contribution in [0.25, 0.3) is 0 Å². The van der Waals surface area contributed by atoms with E-state index in [1.165, 1.54) is 5.56 Å². The molecule has 0 bridgehead atoms. The maximum Gasteiger partial charge on any atom is 0.169 e. The van der Waals surface area contributed by atoms with Crippen LogP contribution in [0.4, 0.5) is 0 Å². The van der Waals surface area contributed by atoms with Crippen molar-refractivity contribution in [2.24, 2.45) is 0 Å². The van der Waals surface area contributed by atoms with Crippen LogP contribution in [0.2, 0.25) is 0 Å². The number of benzene rings is 1. The van der Waals surface area contributed by atoms with E-state index in [1.807, 2.05) is 25.2 Å². The minimum atomic E-state index is 0.492. The van der Waals surface area contributed by atoms with Crippen LogP contribution >= 0.6 is 12.2 Å². The topological polar surface area (TPSA) is 27.7 Å². The quantitative estimate of drug-likeness (QED) is 0.860. The monoisotopic (exact) mass is 307 g/mol. The molecule has 4 nitrogen and oxygen atoms in total. The summed E-state index contributed by atoms with van der Waals surface area (Å²) in [6, 6.07) is 8.65. The van der Waals surface area contributed by atoms with Crippen molar-refractivity contribution in [3.63, 3.8) is 0 Å². The van der Waals surface area contributed by atoms with Crippen molar-refractivity contribution in [1.82, 2.24) is 15.1 Å². The van der Waals surface area contributed by atoms with E-state index in [2.05, 4.69) is 28.2 Å². The first-order chi connectivity index (χ1) is 10.2. The minimum absolute atomic E-state index is 0.492. The molecular formula is C16H25N3OS. The Kier molecular flexibility index (Phi) is 5.82. The van der Waals surface area contributed by atoms with Gasteiger partial charge in [-0.2, -0.15) is 0 Å². The van der Waals surface area contributed by atoms with Gasteiger partial charge in [0.25, 0.3) is 0 Å². The third-order valence-corrected chi connectivity index (χ3v) is 4.58. The molecule has 2 rings (SSSR count). The summed E-state index contributed by atoms with van der Waals surface area (Å²) < 4.78 is 5.47. The number of nitrogens with zero attached hydrogens (tertiary/aromatic N) is 2. The summed E-state index contributed by atoms with van der Waals surface area (Å²) in [5, 5.41) is 3.95. The summed E-state index contributed by atoms with van der Waals surface area (Å²) in [4.78, 5) is 4.68. The zero-order valence-electron chi connectivity index (χ0n) is 13.1. The van der Waals surface area contributed by atoms with Gasteiger partial charge in [-0.25, -0.2) is 0 Å². The van der Waals surface area contributed by atoms with Crippen molar-refractivity contribution >= 4 is 17.3 Å². The molecule has 0 radical (unpaired) electrons. The van der Waals surface area contributed by atoms with E-state index in [0.29, 0.717) is 6.04 Å². The summed E-state index contributed by atoms with van der Waals surface area (Å²) in [5.74, 6) is 0.925. The third kappa shape index (κ3) is 4.08. The lowest BCUT2D eigenvalue weighted by Gasteiger charge is -2.38. The molecule has 0 saturated carbocycles. The molecule has 0 aromatic heterocycles. The molecule has 1 saturated heterocycles. The van der Waals surface area contributed by atoms with Gasteiger partial charge in [0, 0.05) is 25.2 Å². The Labute approximate surface area is 133 Å². The third-order valence-electron chi connectivity index (χ3n) is 4.14. The van der Waals surface area contributed by atoms with E-state index in [0.717, 1.165) is 43.3 Å². The van der Waals surface area contributed by atoms with Gasteiger partial charge in [-0.1, -0.05) is 18.2 Å². The van der Waals surface area contributed by atoms with Gasteiger partial charge >= 0.3 is 0 Å². The number of piperidine rings is 1. The van der Waals surface area contributed by atoms with Gasteiger partial charge in [-0.3, -0.25) is 0 Å². The number of hydrogen-bond donors (Lipinski definition) is 1. The summed E-state index contributed by atoms with van der Waals surface area (Å²) in [7, 11) is 5.79. The maximum absolute atomic E-state index is 5.53. The lowest BCUT2D eigenvalue weighted by molar-refractivity contribution is 0.170. The van der Waals surface area contributed by atoms with Gasteiger partial charge in [-0.15, -0.1) is 0 Å². The zero-order chi connectivity index (χ0) is 15.2. The van der Waals surface area contributed by atoms with Gasteiger partial charge in [0.05, 0.1) is 7.11 Å². The first-order valence-electron chi connectivity index (χ1n) is 7.44. The largest absolute Gasteiger partial charge is 0.496 e. The SMILES string of the molecule is CNC(=S)N(Cc1ccccc1OC)C1CCN(C)CC1. The number of nitrogens with one attached hydrogen (secondary N) is 1. The van der Waals surface area contributed by atoms with Crippen LogP contribution < -0.4 is 10.1 Å². The molecule has 1 fully saturated rings. The molecule has 0 unspecified atom stereocenters. The van der Waals surface area contributed by atoms with E-state index >= 15 is 0 Å². The van der Waals surface area contributed by atoms with E-state index in [-0.39, 0.29) is 0 Å². The number of methoxy groups -OCH3 is 1. The Morgan fingerprint density at radius 3 is 2.67 bits per heavy atom. The van der Waals surface area contributed by atoms with E-state index in [4.69, 9.17) is 17.0 Å². The Balaban J connectivity index is 2.15. The normalized spacial score (nSPS) is 16.5. The molecule has 1 aliphatic heterocycles. The highest BCUT2D eigenvalue weighted by molar-refractivity contribution is 7.80. The fraction of sp³-hybridized carbons (Fsp3) is 0.562. The lowest BCUT2D eigenvalue weighted by atomic mass is 10.0. The second-order valence-corrected chi connectivity index (χ2v) is 5.92. The zero-order valence-corrected chi connectivity index (χ0v) is 13.9. The molecule has 0 spiro atoms. The second-order valence-electron chi connectivity index (χ2n) is 5.53. The predicted molar refractivity (Wildman–Crippen MR) is 90.7 cm³/mol. The number of thiocarbonyl (C=S) groups is 1. The molecule has 1 aliphatic rings. The van der Waals surface area contributed by atoms with E-state index in [1.54, 1.807) is 7.11 Å². The number of rotatable bonds is 4. The molecule has 0 atom stereocenters. The van der Waals surface area contributed by atoms with Crippen molar-refractivity contribution in [2.75, 3.05) is 34.3 Å². The standard InChI is InChI=1S/C16H25N3OS/c1-17-16(21)19(14-8-10-18(2)11-9-14)12-13-6-4-5-7-15(13)20-3/h4-7,14H,8-12H2,1-3H3,(H,17,21). The summed E-state index contributed by atoms with van der Waals surface area (Å²) in [6.07, 6.45) is 2.29. The van der Waals surface area contributed by atoms with Crippen molar-refractivity contribution in [3.8, 4) is 5.75 Å². The van der Waals surface area contributed by atoms with Crippen LogP contribution in [0.15, 0.2) is 24.3 Å². The molecule has 0 aliphatic carbocycles. The first-order valence-corrected chi connectivity index (χ1v) is 7.85. The van der Waals surface area contributed by atoms with Crippen LogP contribution in [0.1, 0.15) is 18.4 Å². The molecule has 1 aromatic carbocycles. The summed E-state index contributed by atoms with van der Waals surface area (Å²) >= 11 is 5.53. The Morgan fingerprint density at radius 1 is 1.38 bits per heavy atom. The fourth-order valence-corrected chi connectivity index (χ4v) is 3.05. The first kappa shape index (κ1) is 16.0. The van der Waals surface area contributed by atoms with E-state index in [9.17, 15) is 0 Å². The number of para-hydroxylation sites is 1. The lowest BCUT2D eigenvalue weighted by Crippen LogP contribution is -2.48. The van der Waals surface area contributed by atoms with Crippen LogP contribution in [0, 0.1) is 0 Å². The van der Waals surface area contributed by atoms with Gasteiger partial charge < -0.3 is 19.9 Å².